The molecule has 1 aromatic heterocycles. The summed E-state index contributed by atoms with van der Waals surface area (Å²) in [5, 5.41) is 6.27. The SMILES string of the molecule is CNCCNc1ncc(C2CCN(C)CC2)cn1. The standard InChI is InChI=1S/C13H23N5/c1-14-5-6-15-13-16-9-12(10-17-13)11-3-7-18(2)8-4-11/h9-11,14H,3-8H2,1-2H3,(H,15,16,17). The number of anilines is 1. The van der Waals surface area contributed by atoms with Crippen LogP contribution >= 0.6 is 0 Å². The van der Waals surface area contributed by atoms with Gasteiger partial charge in [-0.1, -0.05) is 0 Å². The van der Waals surface area contributed by atoms with Crippen LogP contribution in [0.15, 0.2) is 12.4 Å². The lowest BCUT2D eigenvalue weighted by molar-refractivity contribution is 0.255. The van der Waals surface area contributed by atoms with Crippen LogP contribution in [-0.2, 0) is 0 Å². The number of rotatable bonds is 5. The highest BCUT2D eigenvalue weighted by atomic mass is 15.1. The van der Waals surface area contributed by atoms with Gasteiger partial charge in [-0.15, -0.1) is 0 Å². The molecule has 0 aromatic carbocycles. The molecule has 1 saturated heterocycles. The predicted molar refractivity (Wildman–Crippen MR) is 73.9 cm³/mol. The molecule has 5 nitrogen and oxygen atoms in total. The maximum Gasteiger partial charge on any atom is 0.222 e. The third-order valence-electron chi connectivity index (χ3n) is 3.52. The Bertz CT molecular complexity index is 343. The van der Waals surface area contributed by atoms with Crippen LogP contribution in [0.3, 0.4) is 0 Å². The summed E-state index contributed by atoms with van der Waals surface area (Å²) in [4.78, 5) is 11.1. The van der Waals surface area contributed by atoms with Crippen molar-refractivity contribution in [2.24, 2.45) is 0 Å². The molecule has 100 valence electrons. The topological polar surface area (TPSA) is 53.1 Å². The minimum atomic E-state index is 0.632. The Balaban J connectivity index is 1.87. The van der Waals surface area contributed by atoms with Crippen LogP contribution < -0.4 is 10.6 Å². The largest absolute Gasteiger partial charge is 0.353 e. The Morgan fingerprint density at radius 3 is 2.50 bits per heavy atom. The van der Waals surface area contributed by atoms with Crippen molar-refractivity contribution in [2.45, 2.75) is 18.8 Å². The van der Waals surface area contributed by atoms with Gasteiger partial charge < -0.3 is 15.5 Å². The molecule has 5 heteroatoms. The summed E-state index contributed by atoms with van der Waals surface area (Å²) in [6.07, 6.45) is 6.38. The summed E-state index contributed by atoms with van der Waals surface area (Å²) in [5.41, 5.74) is 1.28. The average Bonchev–Trinajstić information content (AvgIpc) is 2.41. The van der Waals surface area contributed by atoms with Crippen molar-refractivity contribution >= 4 is 5.95 Å². The molecule has 0 radical (unpaired) electrons. The second kappa shape index (κ2) is 6.66. The zero-order valence-electron chi connectivity index (χ0n) is 11.3. The summed E-state index contributed by atoms with van der Waals surface area (Å²) in [7, 11) is 4.12. The molecule has 0 saturated carbocycles. The van der Waals surface area contributed by atoms with E-state index in [0.717, 1.165) is 19.0 Å². The monoisotopic (exact) mass is 249 g/mol. The molecule has 1 fully saturated rings. The van der Waals surface area contributed by atoms with Crippen LogP contribution in [0.5, 0.6) is 0 Å². The van der Waals surface area contributed by atoms with Crippen molar-refractivity contribution in [3.63, 3.8) is 0 Å². The van der Waals surface area contributed by atoms with Gasteiger partial charge in [-0.25, -0.2) is 9.97 Å². The van der Waals surface area contributed by atoms with Crippen molar-refractivity contribution in [2.75, 3.05) is 45.6 Å². The van der Waals surface area contributed by atoms with Crippen molar-refractivity contribution in [3.05, 3.63) is 18.0 Å². The summed E-state index contributed by atoms with van der Waals surface area (Å²) in [6.45, 7) is 4.11. The first kappa shape index (κ1) is 13.2. The highest BCUT2D eigenvalue weighted by Crippen LogP contribution is 2.26. The molecule has 1 aliphatic heterocycles. The molecule has 0 unspecified atom stereocenters. The Hall–Kier alpha value is -1.20. The number of nitrogens with one attached hydrogen (secondary N) is 2. The highest BCUT2D eigenvalue weighted by molar-refractivity contribution is 5.26. The molecule has 2 N–H and O–H groups in total. The number of piperidine rings is 1. The Morgan fingerprint density at radius 2 is 1.89 bits per heavy atom. The molecule has 2 heterocycles. The summed E-state index contributed by atoms with van der Waals surface area (Å²) < 4.78 is 0. The fraction of sp³-hybridized carbons (Fsp3) is 0.692. The first-order chi connectivity index (χ1) is 8.79. The molecular weight excluding hydrogens is 226 g/mol. The molecule has 0 bridgehead atoms. The molecule has 0 atom stereocenters. The zero-order chi connectivity index (χ0) is 12.8. The van der Waals surface area contributed by atoms with Crippen LogP contribution in [-0.4, -0.2) is 55.1 Å². The first-order valence-electron chi connectivity index (χ1n) is 6.68. The zero-order valence-corrected chi connectivity index (χ0v) is 11.3. The Labute approximate surface area is 109 Å². The van der Waals surface area contributed by atoms with E-state index in [1.807, 2.05) is 19.4 Å². The number of hydrogen-bond acceptors (Lipinski definition) is 5. The van der Waals surface area contributed by atoms with Gasteiger partial charge in [0.05, 0.1) is 0 Å². The van der Waals surface area contributed by atoms with Crippen LogP contribution in [0.2, 0.25) is 0 Å². The van der Waals surface area contributed by atoms with Gasteiger partial charge in [0.1, 0.15) is 0 Å². The molecule has 1 aliphatic rings. The number of likely N-dealkylation sites (N-methyl/N-ethyl adjacent to an activating group) is 1. The van der Waals surface area contributed by atoms with Gasteiger partial charge in [-0.3, -0.25) is 0 Å². The first-order valence-corrected chi connectivity index (χ1v) is 6.68. The quantitative estimate of drug-likeness (QED) is 0.760. The molecule has 2 rings (SSSR count). The summed E-state index contributed by atoms with van der Waals surface area (Å²) in [6, 6.07) is 0. The minimum Gasteiger partial charge on any atom is -0.353 e. The van der Waals surface area contributed by atoms with E-state index in [9.17, 15) is 0 Å². The van der Waals surface area contributed by atoms with Gasteiger partial charge in [0.2, 0.25) is 5.95 Å². The van der Waals surface area contributed by atoms with Gasteiger partial charge in [0.15, 0.2) is 0 Å². The van der Waals surface area contributed by atoms with E-state index in [2.05, 4.69) is 32.5 Å². The Kier molecular flexibility index (Phi) is 4.90. The van der Waals surface area contributed by atoms with Gasteiger partial charge in [-0.05, 0) is 51.5 Å². The number of likely N-dealkylation sites (tertiary alicyclic amines) is 1. The highest BCUT2D eigenvalue weighted by Gasteiger charge is 2.18. The van der Waals surface area contributed by atoms with Gasteiger partial charge in [-0.2, -0.15) is 0 Å². The smallest absolute Gasteiger partial charge is 0.222 e. The van der Waals surface area contributed by atoms with E-state index in [1.165, 1.54) is 31.5 Å². The van der Waals surface area contributed by atoms with E-state index in [-0.39, 0.29) is 0 Å². The van der Waals surface area contributed by atoms with Crippen molar-refractivity contribution < 1.29 is 0 Å². The molecule has 0 aliphatic carbocycles. The number of hydrogen-bond donors (Lipinski definition) is 2. The second-order valence-electron chi connectivity index (χ2n) is 4.95. The minimum absolute atomic E-state index is 0.632. The lowest BCUT2D eigenvalue weighted by Crippen LogP contribution is -2.29. The molecule has 1 aromatic rings. The second-order valence-corrected chi connectivity index (χ2v) is 4.95. The summed E-state index contributed by atoms with van der Waals surface area (Å²) >= 11 is 0. The van der Waals surface area contributed by atoms with Crippen LogP contribution in [0.25, 0.3) is 0 Å². The fourth-order valence-electron chi connectivity index (χ4n) is 2.28. The maximum absolute atomic E-state index is 4.38. The third-order valence-corrected chi connectivity index (χ3v) is 3.52. The van der Waals surface area contributed by atoms with Gasteiger partial charge >= 0.3 is 0 Å². The van der Waals surface area contributed by atoms with Gasteiger partial charge in [0.25, 0.3) is 0 Å². The van der Waals surface area contributed by atoms with E-state index < -0.39 is 0 Å². The Morgan fingerprint density at radius 1 is 1.22 bits per heavy atom. The van der Waals surface area contributed by atoms with Crippen LogP contribution in [0, 0.1) is 0 Å². The average molecular weight is 249 g/mol. The van der Waals surface area contributed by atoms with E-state index >= 15 is 0 Å². The lowest BCUT2D eigenvalue weighted by atomic mass is 9.92. The number of aromatic nitrogens is 2. The van der Waals surface area contributed by atoms with Crippen LogP contribution in [0.1, 0.15) is 24.3 Å². The summed E-state index contributed by atoms with van der Waals surface area (Å²) in [5.74, 6) is 1.36. The predicted octanol–water partition coefficient (Wildman–Crippen LogP) is 0.917. The van der Waals surface area contributed by atoms with Crippen molar-refractivity contribution in [1.29, 1.82) is 0 Å². The normalized spacial score (nSPS) is 17.9. The van der Waals surface area contributed by atoms with E-state index in [0.29, 0.717) is 5.92 Å². The molecule has 0 spiro atoms. The third kappa shape index (κ3) is 3.65. The molecule has 0 amide bonds. The van der Waals surface area contributed by atoms with Crippen molar-refractivity contribution in [3.8, 4) is 0 Å². The van der Waals surface area contributed by atoms with E-state index in [1.54, 1.807) is 0 Å². The maximum atomic E-state index is 4.38. The van der Waals surface area contributed by atoms with Gasteiger partial charge in [0, 0.05) is 25.5 Å². The molecule has 18 heavy (non-hydrogen) atoms. The number of nitrogens with zero attached hydrogens (tertiary/aromatic N) is 3. The van der Waals surface area contributed by atoms with E-state index in [4.69, 9.17) is 0 Å². The molecular formula is C13H23N5. The van der Waals surface area contributed by atoms with Crippen LogP contribution in [0.4, 0.5) is 5.95 Å². The fourth-order valence-corrected chi connectivity index (χ4v) is 2.28. The van der Waals surface area contributed by atoms with Crippen molar-refractivity contribution in [1.82, 2.24) is 20.2 Å². The lowest BCUT2D eigenvalue weighted by Gasteiger charge is -2.28.